The molecular weight excluding hydrogens is 358 g/mol. The molecule has 3 aromatic rings. The van der Waals surface area contributed by atoms with E-state index in [1.54, 1.807) is 0 Å². The Bertz CT molecular complexity index is 857. The van der Waals surface area contributed by atoms with Gasteiger partial charge in [-0.15, -0.1) is 12.4 Å². The number of nitrogens with zero attached hydrogens (tertiary/aromatic N) is 2. The third-order valence-corrected chi connectivity index (χ3v) is 5.04. The second-order valence-corrected chi connectivity index (χ2v) is 6.94. The van der Waals surface area contributed by atoms with Crippen molar-refractivity contribution < 1.29 is 4.74 Å². The zero-order valence-electron chi connectivity index (χ0n) is 15.6. The van der Waals surface area contributed by atoms with E-state index in [9.17, 15) is 0 Å². The first kappa shape index (κ1) is 19.5. The number of hydrogen-bond acceptors (Lipinski definition) is 3. The molecule has 1 aliphatic rings. The SMILES string of the molecule is Cc1cc(OCc2ccccc2)ccc1-c1cnn(C2CCNCC2)c1.Cl. The summed E-state index contributed by atoms with van der Waals surface area (Å²) in [5, 5.41) is 8.02. The van der Waals surface area contributed by atoms with E-state index in [2.05, 4.69) is 52.5 Å². The fourth-order valence-electron chi connectivity index (χ4n) is 3.54. The molecule has 5 heteroatoms. The predicted molar refractivity (Wildman–Crippen MR) is 112 cm³/mol. The molecule has 1 N–H and O–H groups in total. The Morgan fingerprint density at radius 2 is 1.89 bits per heavy atom. The normalized spacial score (nSPS) is 14.6. The number of aryl methyl sites for hydroxylation is 1. The Kier molecular flexibility index (Phi) is 6.54. The molecule has 27 heavy (non-hydrogen) atoms. The summed E-state index contributed by atoms with van der Waals surface area (Å²) in [5.41, 5.74) is 4.78. The van der Waals surface area contributed by atoms with Crippen LogP contribution in [0.5, 0.6) is 5.75 Å². The first-order chi connectivity index (χ1) is 12.8. The summed E-state index contributed by atoms with van der Waals surface area (Å²) >= 11 is 0. The van der Waals surface area contributed by atoms with Crippen LogP contribution in [0.2, 0.25) is 0 Å². The minimum absolute atomic E-state index is 0. The molecule has 0 bridgehead atoms. The van der Waals surface area contributed by atoms with Gasteiger partial charge in [0.05, 0.1) is 12.2 Å². The van der Waals surface area contributed by atoms with Gasteiger partial charge in [-0.1, -0.05) is 36.4 Å². The van der Waals surface area contributed by atoms with E-state index in [0.29, 0.717) is 12.6 Å². The molecule has 0 unspecified atom stereocenters. The minimum Gasteiger partial charge on any atom is -0.489 e. The highest BCUT2D eigenvalue weighted by atomic mass is 35.5. The molecule has 0 amide bonds. The van der Waals surface area contributed by atoms with Gasteiger partial charge in [-0.25, -0.2) is 0 Å². The first-order valence-electron chi connectivity index (χ1n) is 9.32. The molecule has 0 aliphatic carbocycles. The number of ether oxygens (including phenoxy) is 1. The molecule has 4 nitrogen and oxygen atoms in total. The van der Waals surface area contributed by atoms with Crippen molar-refractivity contribution >= 4 is 12.4 Å². The Labute approximate surface area is 167 Å². The zero-order chi connectivity index (χ0) is 17.8. The summed E-state index contributed by atoms with van der Waals surface area (Å²) in [4.78, 5) is 0. The predicted octanol–water partition coefficient (Wildman–Crippen LogP) is 4.78. The standard InChI is InChI=1S/C22H25N3O.ClH/c1-17-13-21(26-16-18-5-3-2-4-6-18)7-8-22(17)19-14-24-25(15-19)20-9-11-23-12-10-20;/h2-8,13-15,20,23H,9-12,16H2,1H3;1H. The van der Waals surface area contributed by atoms with E-state index in [-0.39, 0.29) is 12.4 Å². The summed E-state index contributed by atoms with van der Waals surface area (Å²) < 4.78 is 8.07. The van der Waals surface area contributed by atoms with Gasteiger partial charge in [-0.3, -0.25) is 4.68 Å². The summed E-state index contributed by atoms with van der Waals surface area (Å²) in [6.45, 7) is 4.87. The van der Waals surface area contributed by atoms with Gasteiger partial charge >= 0.3 is 0 Å². The minimum atomic E-state index is 0. The smallest absolute Gasteiger partial charge is 0.120 e. The summed E-state index contributed by atoms with van der Waals surface area (Å²) in [5.74, 6) is 0.904. The molecule has 4 rings (SSSR count). The second kappa shape index (κ2) is 9.07. The lowest BCUT2D eigenvalue weighted by atomic mass is 10.0. The second-order valence-electron chi connectivity index (χ2n) is 6.94. The van der Waals surface area contributed by atoms with Crippen LogP contribution < -0.4 is 10.1 Å². The van der Waals surface area contributed by atoms with E-state index in [1.807, 2.05) is 30.5 Å². The fraction of sp³-hybridized carbons (Fsp3) is 0.318. The van der Waals surface area contributed by atoms with Gasteiger partial charge in [0.1, 0.15) is 12.4 Å². The van der Waals surface area contributed by atoms with Crippen molar-refractivity contribution in [3.8, 4) is 16.9 Å². The molecule has 2 heterocycles. The number of hydrogen-bond donors (Lipinski definition) is 1. The van der Waals surface area contributed by atoms with Crippen LogP contribution in [-0.4, -0.2) is 22.9 Å². The van der Waals surface area contributed by atoms with Crippen molar-refractivity contribution in [1.29, 1.82) is 0 Å². The summed E-state index contributed by atoms with van der Waals surface area (Å²) in [7, 11) is 0. The maximum atomic E-state index is 5.94. The van der Waals surface area contributed by atoms with Crippen molar-refractivity contribution in [1.82, 2.24) is 15.1 Å². The average molecular weight is 384 g/mol. The van der Waals surface area contributed by atoms with Gasteiger partial charge in [-0.2, -0.15) is 5.10 Å². The third-order valence-electron chi connectivity index (χ3n) is 5.04. The molecule has 1 fully saturated rings. The number of benzene rings is 2. The van der Waals surface area contributed by atoms with Crippen LogP contribution in [0.15, 0.2) is 60.9 Å². The Balaban J connectivity index is 0.00000210. The number of rotatable bonds is 5. The van der Waals surface area contributed by atoms with Crippen molar-refractivity contribution in [3.05, 3.63) is 72.1 Å². The zero-order valence-corrected chi connectivity index (χ0v) is 16.4. The highest BCUT2D eigenvalue weighted by Crippen LogP contribution is 2.28. The van der Waals surface area contributed by atoms with Crippen molar-refractivity contribution in [2.75, 3.05) is 13.1 Å². The highest BCUT2D eigenvalue weighted by Gasteiger charge is 2.16. The van der Waals surface area contributed by atoms with Crippen molar-refractivity contribution in [2.45, 2.75) is 32.4 Å². The quantitative estimate of drug-likeness (QED) is 0.688. The van der Waals surface area contributed by atoms with Gasteiger partial charge < -0.3 is 10.1 Å². The molecule has 0 radical (unpaired) electrons. The van der Waals surface area contributed by atoms with E-state index >= 15 is 0 Å². The van der Waals surface area contributed by atoms with E-state index in [1.165, 1.54) is 22.3 Å². The van der Waals surface area contributed by atoms with Crippen LogP contribution in [0.1, 0.15) is 30.0 Å². The number of nitrogens with one attached hydrogen (secondary N) is 1. The lowest BCUT2D eigenvalue weighted by molar-refractivity contribution is 0.306. The molecule has 0 atom stereocenters. The maximum absolute atomic E-state index is 5.94. The van der Waals surface area contributed by atoms with Crippen LogP contribution >= 0.6 is 12.4 Å². The Morgan fingerprint density at radius 1 is 1.11 bits per heavy atom. The van der Waals surface area contributed by atoms with Crippen LogP contribution in [0.3, 0.4) is 0 Å². The van der Waals surface area contributed by atoms with Crippen molar-refractivity contribution in [3.63, 3.8) is 0 Å². The Hall–Kier alpha value is -2.30. The van der Waals surface area contributed by atoms with Crippen LogP contribution in [0.25, 0.3) is 11.1 Å². The molecule has 1 aromatic heterocycles. The average Bonchev–Trinajstić information content (AvgIpc) is 3.18. The van der Waals surface area contributed by atoms with Crippen molar-refractivity contribution in [2.24, 2.45) is 0 Å². The molecule has 0 saturated carbocycles. The summed E-state index contributed by atoms with van der Waals surface area (Å²) in [6, 6.07) is 17.1. The van der Waals surface area contributed by atoms with Gasteiger partial charge in [0, 0.05) is 11.8 Å². The topological polar surface area (TPSA) is 39.1 Å². The van der Waals surface area contributed by atoms with Gasteiger partial charge in [0.2, 0.25) is 0 Å². The summed E-state index contributed by atoms with van der Waals surface area (Å²) in [6.07, 6.45) is 6.45. The number of aromatic nitrogens is 2. The van der Waals surface area contributed by atoms with Gasteiger partial charge in [-0.05, 0) is 61.7 Å². The largest absolute Gasteiger partial charge is 0.489 e. The molecule has 1 aliphatic heterocycles. The molecule has 1 saturated heterocycles. The molecular formula is C22H26ClN3O. The lowest BCUT2D eigenvalue weighted by Crippen LogP contribution is -2.29. The monoisotopic (exact) mass is 383 g/mol. The maximum Gasteiger partial charge on any atom is 0.120 e. The van der Waals surface area contributed by atoms with E-state index < -0.39 is 0 Å². The first-order valence-corrected chi connectivity index (χ1v) is 9.32. The van der Waals surface area contributed by atoms with E-state index in [0.717, 1.165) is 31.7 Å². The van der Waals surface area contributed by atoms with Gasteiger partial charge in [0.15, 0.2) is 0 Å². The lowest BCUT2D eigenvalue weighted by Gasteiger charge is -2.22. The van der Waals surface area contributed by atoms with E-state index in [4.69, 9.17) is 4.74 Å². The van der Waals surface area contributed by atoms with Crippen LogP contribution in [-0.2, 0) is 6.61 Å². The van der Waals surface area contributed by atoms with Gasteiger partial charge in [0.25, 0.3) is 0 Å². The number of piperidine rings is 1. The van der Waals surface area contributed by atoms with Crippen LogP contribution in [0.4, 0.5) is 0 Å². The third kappa shape index (κ3) is 4.71. The molecule has 2 aromatic carbocycles. The Morgan fingerprint density at radius 3 is 2.63 bits per heavy atom. The van der Waals surface area contributed by atoms with Crippen LogP contribution in [0, 0.1) is 6.92 Å². The molecule has 142 valence electrons. The fourth-order valence-corrected chi connectivity index (χ4v) is 3.54. The molecule has 0 spiro atoms. The highest BCUT2D eigenvalue weighted by molar-refractivity contribution is 5.85. The number of halogens is 1.